The van der Waals surface area contributed by atoms with Gasteiger partial charge in [-0.25, -0.2) is 0 Å². The highest BCUT2D eigenvalue weighted by Gasteiger charge is 2.49. The van der Waals surface area contributed by atoms with Gasteiger partial charge in [-0.15, -0.1) is 0 Å². The van der Waals surface area contributed by atoms with Crippen LogP contribution in [-0.2, 0) is 6.42 Å². The number of methoxy groups -OCH3 is 1. The van der Waals surface area contributed by atoms with Crippen LogP contribution in [0.4, 0.5) is 0 Å². The van der Waals surface area contributed by atoms with Gasteiger partial charge in [-0.1, -0.05) is 29.8 Å². The molecule has 1 aliphatic rings. The highest BCUT2D eigenvalue weighted by molar-refractivity contribution is 9.10. The molecule has 1 fully saturated rings. The zero-order valence-electron chi connectivity index (χ0n) is 11.2. The first kappa shape index (κ1) is 13.8. The van der Waals surface area contributed by atoms with Crippen molar-refractivity contribution in [1.29, 1.82) is 0 Å². The number of nitrogens with one attached hydrogen (secondary N) is 1. The fourth-order valence-corrected chi connectivity index (χ4v) is 3.06. The van der Waals surface area contributed by atoms with Gasteiger partial charge in [0.25, 0.3) is 0 Å². The monoisotopic (exact) mass is 312 g/mol. The van der Waals surface area contributed by atoms with E-state index < -0.39 is 0 Å². The third-order valence-corrected chi connectivity index (χ3v) is 4.46. The summed E-state index contributed by atoms with van der Waals surface area (Å²) in [6.07, 6.45) is 2.13. The summed E-state index contributed by atoms with van der Waals surface area (Å²) in [5, 5.41) is 0. The quantitative estimate of drug-likeness (QED) is 0.649. The van der Waals surface area contributed by atoms with Crippen LogP contribution in [0.1, 0.15) is 25.8 Å². The van der Waals surface area contributed by atoms with E-state index in [1.807, 2.05) is 12.1 Å². The van der Waals surface area contributed by atoms with Gasteiger partial charge in [0.15, 0.2) is 0 Å². The Labute approximate surface area is 117 Å². The topological polar surface area (TPSA) is 47.3 Å². The minimum Gasteiger partial charge on any atom is -0.496 e. The van der Waals surface area contributed by atoms with E-state index in [1.165, 1.54) is 12.0 Å². The molecule has 2 unspecified atom stereocenters. The van der Waals surface area contributed by atoms with E-state index in [0.717, 1.165) is 16.6 Å². The number of hydrogen-bond donors (Lipinski definition) is 2. The lowest BCUT2D eigenvalue weighted by atomic mass is 9.97. The van der Waals surface area contributed by atoms with Crippen molar-refractivity contribution < 1.29 is 4.74 Å². The molecule has 0 spiro atoms. The molecule has 18 heavy (non-hydrogen) atoms. The summed E-state index contributed by atoms with van der Waals surface area (Å²) in [5.41, 5.74) is 4.57. The molecule has 1 saturated carbocycles. The molecule has 1 aromatic rings. The number of benzene rings is 1. The minimum atomic E-state index is 0.309. The first-order chi connectivity index (χ1) is 8.47. The lowest BCUT2D eigenvalue weighted by Gasteiger charge is -2.19. The van der Waals surface area contributed by atoms with Crippen molar-refractivity contribution in [3.63, 3.8) is 0 Å². The average Bonchev–Trinajstić information content (AvgIpc) is 2.95. The number of hydrazine groups is 1. The van der Waals surface area contributed by atoms with Gasteiger partial charge >= 0.3 is 0 Å². The van der Waals surface area contributed by atoms with Gasteiger partial charge in [-0.3, -0.25) is 11.3 Å². The van der Waals surface area contributed by atoms with Crippen LogP contribution in [0.3, 0.4) is 0 Å². The van der Waals surface area contributed by atoms with E-state index in [-0.39, 0.29) is 0 Å². The van der Waals surface area contributed by atoms with Gasteiger partial charge in [-0.05, 0) is 47.9 Å². The van der Waals surface area contributed by atoms with Gasteiger partial charge in [-0.2, -0.15) is 0 Å². The summed E-state index contributed by atoms with van der Waals surface area (Å²) < 4.78 is 6.48. The summed E-state index contributed by atoms with van der Waals surface area (Å²) in [6.45, 7) is 4.58. The molecule has 0 bridgehead atoms. The predicted octanol–water partition coefficient (Wildman–Crippen LogP) is 2.88. The minimum absolute atomic E-state index is 0.309. The van der Waals surface area contributed by atoms with Crippen molar-refractivity contribution in [1.82, 2.24) is 5.43 Å². The predicted molar refractivity (Wildman–Crippen MR) is 77.4 cm³/mol. The van der Waals surface area contributed by atoms with Gasteiger partial charge < -0.3 is 4.74 Å². The maximum absolute atomic E-state index is 5.71. The van der Waals surface area contributed by atoms with Crippen LogP contribution in [0.2, 0.25) is 0 Å². The molecule has 2 atom stereocenters. The third kappa shape index (κ3) is 2.87. The molecule has 2 rings (SSSR count). The number of nitrogens with two attached hydrogens (primary N) is 1. The van der Waals surface area contributed by atoms with E-state index >= 15 is 0 Å². The van der Waals surface area contributed by atoms with Crippen molar-refractivity contribution in [3.8, 4) is 5.75 Å². The van der Waals surface area contributed by atoms with E-state index in [4.69, 9.17) is 10.6 Å². The normalized spacial score (nSPS) is 22.6. The summed E-state index contributed by atoms with van der Waals surface area (Å²) in [4.78, 5) is 0. The Hall–Kier alpha value is -0.580. The number of rotatable bonds is 5. The van der Waals surface area contributed by atoms with Crippen LogP contribution in [0.15, 0.2) is 22.7 Å². The summed E-state index contributed by atoms with van der Waals surface area (Å²) >= 11 is 3.51. The maximum atomic E-state index is 5.71. The van der Waals surface area contributed by atoms with Crippen LogP contribution in [0.5, 0.6) is 5.75 Å². The summed E-state index contributed by atoms with van der Waals surface area (Å²) in [5.74, 6) is 7.28. The van der Waals surface area contributed by atoms with Crippen molar-refractivity contribution >= 4 is 15.9 Å². The molecule has 0 aromatic heterocycles. The lowest BCUT2D eigenvalue weighted by molar-refractivity contribution is 0.386. The standard InChI is InChI=1S/C14H21BrN2O/c1-14(2)8-11(14)12(17-16)7-9-6-10(15)4-5-13(9)18-3/h4-6,11-12,17H,7-8,16H2,1-3H3. The second-order valence-electron chi connectivity index (χ2n) is 5.73. The van der Waals surface area contributed by atoms with Gasteiger partial charge in [0, 0.05) is 10.5 Å². The first-order valence-electron chi connectivity index (χ1n) is 6.26. The molecule has 0 radical (unpaired) electrons. The molecule has 0 amide bonds. The molecule has 3 nitrogen and oxygen atoms in total. The van der Waals surface area contributed by atoms with Crippen molar-refractivity contribution in [2.24, 2.45) is 17.2 Å². The zero-order valence-corrected chi connectivity index (χ0v) is 12.8. The fourth-order valence-electron chi connectivity index (χ4n) is 2.66. The largest absolute Gasteiger partial charge is 0.496 e. The highest BCUT2D eigenvalue weighted by Crippen LogP contribution is 2.54. The molecular weight excluding hydrogens is 292 g/mol. The number of hydrogen-bond acceptors (Lipinski definition) is 3. The first-order valence-corrected chi connectivity index (χ1v) is 7.06. The molecule has 100 valence electrons. The molecule has 4 heteroatoms. The fraction of sp³-hybridized carbons (Fsp3) is 0.571. The summed E-state index contributed by atoms with van der Waals surface area (Å²) in [6, 6.07) is 6.40. The van der Waals surface area contributed by atoms with Crippen molar-refractivity contribution in [3.05, 3.63) is 28.2 Å². The Bertz CT molecular complexity index is 434. The Kier molecular flexibility index (Phi) is 3.99. The van der Waals surface area contributed by atoms with Crippen LogP contribution in [0.25, 0.3) is 0 Å². The van der Waals surface area contributed by atoms with E-state index in [1.54, 1.807) is 7.11 Å². The second-order valence-corrected chi connectivity index (χ2v) is 6.65. The maximum Gasteiger partial charge on any atom is 0.122 e. The Morgan fingerprint density at radius 1 is 1.56 bits per heavy atom. The number of ether oxygens (including phenoxy) is 1. The highest BCUT2D eigenvalue weighted by atomic mass is 79.9. The van der Waals surface area contributed by atoms with Gasteiger partial charge in [0.2, 0.25) is 0 Å². The number of halogens is 1. The Balaban J connectivity index is 2.14. The third-order valence-electron chi connectivity index (χ3n) is 3.97. The molecule has 1 aliphatic carbocycles. The zero-order chi connectivity index (χ0) is 13.3. The molecular formula is C14H21BrN2O. The van der Waals surface area contributed by atoms with Crippen molar-refractivity contribution in [2.45, 2.75) is 32.7 Å². The van der Waals surface area contributed by atoms with Crippen LogP contribution >= 0.6 is 15.9 Å². The lowest BCUT2D eigenvalue weighted by Crippen LogP contribution is -2.39. The molecule has 0 heterocycles. The Morgan fingerprint density at radius 2 is 2.22 bits per heavy atom. The van der Waals surface area contributed by atoms with E-state index in [2.05, 4.69) is 41.3 Å². The average molecular weight is 313 g/mol. The smallest absolute Gasteiger partial charge is 0.122 e. The van der Waals surface area contributed by atoms with E-state index in [0.29, 0.717) is 17.4 Å². The molecule has 0 saturated heterocycles. The van der Waals surface area contributed by atoms with Gasteiger partial charge in [0.1, 0.15) is 5.75 Å². The van der Waals surface area contributed by atoms with Crippen LogP contribution in [0, 0.1) is 11.3 Å². The second kappa shape index (κ2) is 5.19. The Morgan fingerprint density at radius 3 is 2.72 bits per heavy atom. The van der Waals surface area contributed by atoms with E-state index in [9.17, 15) is 0 Å². The SMILES string of the molecule is COc1ccc(Br)cc1CC(NN)C1CC1(C)C. The van der Waals surface area contributed by atoms with Gasteiger partial charge in [0.05, 0.1) is 7.11 Å². The van der Waals surface area contributed by atoms with Crippen molar-refractivity contribution in [2.75, 3.05) is 7.11 Å². The summed E-state index contributed by atoms with van der Waals surface area (Å²) in [7, 11) is 1.71. The molecule has 3 N–H and O–H groups in total. The molecule has 1 aromatic carbocycles. The van der Waals surface area contributed by atoms with Crippen LogP contribution in [-0.4, -0.2) is 13.2 Å². The molecule has 0 aliphatic heterocycles. The van der Waals surface area contributed by atoms with Crippen LogP contribution < -0.4 is 16.0 Å².